The van der Waals surface area contributed by atoms with E-state index in [2.05, 4.69) is 15.4 Å². The number of pyridine rings is 1. The zero-order valence-corrected chi connectivity index (χ0v) is 16.6. The number of halogens is 1. The summed E-state index contributed by atoms with van der Waals surface area (Å²) >= 11 is 6.56. The van der Waals surface area contributed by atoms with Crippen molar-refractivity contribution in [1.82, 2.24) is 20.1 Å². The molecule has 1 amide bonds. The van der Waals surface area contributed by atoms with Gasteiger partial charge in [-0.1, -0.05) is 17.7 Å². The Morgan fingerprint density at radius 3 is 2.85 bits per heavy atom. The van der Waals surface area contributed by atoms with E-state index in [0.29, 0.717) is 33.9 Å². The fourth-order valence-electron chi connectivity index (χ4n) is 2.81. The lowest BCUT2D eigenvalue weighted by Crippen LogP contribution is -3.06. The number of methoxy groups -OCH3 is 1. The van der Waals surface area contributed by atoms with E-state index in [-0.39, 0.29) is 5.91 Å². The molecule has 3 aromatic rings. The number of nitrogens with one attached hydrogen (secondary N) is 2. The number of nitrogens with zero attached hydrogens (tertiary/aromatic N) is 3. The SMILES string of the molecule is COc1cccc(-n2nc(C)c3c(Cl)c(C(=O)NCC[NH+](C)C)cnc32)c1. The Morgan fingerprint density at radius 2 is 2.15 bits per heavy atom. The number of benzene rings is 1. The van der Waals surface area contributed by atoms with Crippen LogP contribution in [0.1, 0.15) is 16.1 Å². The molecule has 8 heteroatoms. The number of quaternary nitrogens is 1. The summed E-state index contributed by atoms with van der Waals surface area (Å²) in [7, 11) is 5.68. The largest absolute Gasteiger partial charge is 0.497 e. The summed E-state index contributed by atoms with van der Waals surface area (Å²) in [6, 6.07) is 7.52. The molecule has 0 fully saturated rings. The number of rotatable bonds is 6. The molecule has 3 rings (SSSR count). The summed E-state index contributed by atoms with van der Waals surface area (Å²) < 4.78 is 6.99. The quantitative estimate of drug-likeness (QED) is 0.667. The third-order valence-electron chi connectivity index (χ3n) is 4.26. The summed E-state index contributed by atoms with van der Waals surface area (Å²) in [4.78, 5) is 18.2. The molecule has 2 N–H and O–H groups in total. The summed E-state index contributed by atoms with van der Waals surface area (Å²) in [6.45, 7) is 3.24. The average molecular weight is 389 g/mol. The molecule has 2 aromatic heterocycles. The van der Waals surface area contributed by atoms with Crippen LogP contribution < -0.4 is 15.0 Å². The average Bonchev–Trinajstić information content (AvgIpc) is 2.99. The van der Waals surface area contributed by atoms with E-state index < -0.39 is 0 Å². The molecule has 0 saturated carbocycles. The fraction of sp³-hybridized carbons (Fsp3) is 0.316. The van der Waals surface area contributed by atoms with Crippen LogP contribution >= 0.6 is 11.6 Å². The topological polar surface area (TPSA) is 73.5 Å². The molecule has 0 radical (unpaired) electrons. The van der Waals surface area contributed by atoms with Gasteiger partial charge >= 0.3 is 0 Å². The molecule has 7 nitrogen and oxygen atoms in total. The van der Waals surface area contributed by atoms with Crippen LogP contribution in [0.25, 0.3) is 16.7 Å². The van der Waals surface area contributed by atoms with E-state index in [1.165, 1.54) is 11.1 Å². The molecule has 0 bridgehead atoms. The van der Waals surface area contributed by atoms with Crippen molar-refractivity contribution in [3.05, 3.63) is 46.7 Å². The normalized spacial score (nSPS) is 11.2. The number of aromatic nitrogens is 3. The zero-order valence-electron chi connectivity index (χ0n) is 15.8. The second-order valence-corrected chi connectivity index (χ2v) is 6.97. The van der Waals surface area contributed by atoms with Crippen molar-refractivity contribution >= 4 is 28.5 Å². The van der Waals surface area contributed by atoms with Gasteiger partial charge in [-0.05, 0) is 19.1 Å². The standard InChI is InChI=1S/C19H22ClN5O2/c1-12-16-17(20)15(19(26)21-8-9-24(2)3)11-22-18(16)25(23-12)13-6-5-7-14(10-13)27-4/h5-7,10-11H,8-9H2,1-4H3,(H,21,26)/p+1. The van der Waals surface area contributed by atoms with E-state index in [0.717, 1.165) is 18.0 Å². The number of likely N-dealkylation sites (N-methyl/N-ethyl adjacent to an activating group) is 1. The smallest absolute Gasteiger partial charge is 0.254 e. The number of carbonyl (C=O) groups excluding carboxylic acids is 1. The molecule has 2 heterocycles. The minimum atomic E-state index is -0.232. The van der Waals surface area contributed by atoms with E-state index in [1.807, 2.05) is 45.3 Å². The van der Waals surface area contributed by atoms with Crippen molar-refractivity contribution in [2.75, 3.05) is 34.3 Å². The monoisotopic (exact) mass is 388 g/mol. The van der Waals surface area contributed by atoms with E-state index in [1.54, 1.807) is 11.8 Å². The van der Waals surface area contributed by atoms with Gasteiger partial charge in [-0.25, -0.2) is 9.67 Å². The highest BCUT2D eigenvalue weighted by atomic mass is 35.5. The van der Waals surface area contributed by atoms with Gasteiger partial charge < -0.3 is 15.0 Å². The summed E-state index contributed by atoms with van der Waals surface area (Å²) in [6.07, 6.45) is 1.50. The Hall–Kier alpha value is -2.64. The minimum absolute atomic E-state index is 0.232. The van der Waals surface area contributed by atoms with Crippen molar-refractivity contribution < 1.29 is 14.4 Å². The van der Waals surface area contributed by atoms with Gasteiger partial charge in [0.1, 0.15) is 5.75 Å². The Balaban J connectivity index is 2.00. The molecule has 0 spiro atoms. The summed E-state index contributed by atoms with van der Waals surface area (Å²) in [5.74, 6) is 0.489. The lowest BCUT2D eigenvalue weighted by atomic mass is 10.2. The lowest BCUT2D eigenvalue weighted by molar-refractivity contribution is -0.856. The molecule has 0 saturated heterocycles. The zero-order chi connectivity index (χ0) is 19.6. The third kappa shape index (κ3) is 3.89. The molecule has 1 aromatic carbocycles. The highest BCUT2D eigenvalue weighted by Gasteiger charge is 2.20. The van der Waals surface area contributed by atoms with E-state index >= 15 is 0 Å². The maximum atomic E-state index is 12.5. The van der Waals surface area contributed by atoms with Gasteiger partial charge in [-0.3, -0.25) is 4.79 Å². The predicted molar refractivity (Wildman–Crippen MR) is 105 cm³/mol. The Labute approximate surface area is 162 Å². The lowest BCUT2D eigenvalue weighted by Gasteiger charge is -2.10. The summed E-state index contributed by atoms with van der Waals surface area (Å²) in [5, 5.41) is 8.48. The van der Waals surface area contributed by atoms with Crippen molar-refractivity contribution in [2.24, 2.45) is 0 Å². The maximum absolute atomic E-state index is 12.5. The second kappa shape index (κ2) is 7.94. The first-order chi connectivity index (χ1) is 12.9. The molecule has 27 heavy (non-hydrogen) atoms. The van der Waals surface area contributed by atoms with Crippen LogP contribution in [0.4, 0.5) is 0 Å². The van der Waals surface area contributed by atoms with Gasteiger partial charge in [0, 0.05) is 12.3 Å². The molecule has 0 aliphatic heterocycles. The molecule has 0 unspecified atom stereocenters. The molecule has 142 valence electrons. The van der Waals surface area contributed by atoms with Crippen molar-refractivity contribution in [2.45, 2.75) is 6.92 Å². The molecular formula is C19H23ClN5O2+. The Morgan fingerprint density at radius 1 is 1.37 bits per heavy atom. The van der Waals surface area contributed by atoms with Crippen LogP contribution in [0.3, 0.4) is 0 Å². The van der Waals surface area contributed by atoms with Crippen LogP contribution in [0.2, 0.25) is 5.02 Å². The first-order valence-electron chi connectivity index (χ1n) is 8.68. The molecule has 0 atom stereocenters. The van der Waals surface area contributed by atoms with Crippen LogP contribution in [-0.2, 0) is 0 Å². The van der Waals surface area contributed by atoms with E-state index in [9.17, 15) is 4.79 Å². The van der Waals surface area contributed by atoms with Gasteiger partial charge in [0.05, 0.1) is 61.6 Å². The number of ether oxygens (including phenoxy) is 1. The van der Waals surface area contributed by atoms with Crippen molar-refractivity contribution in [3.63, 3.8) is 0 Å². The number of hydrogen-bond donors (Lipinski definition) is 2. The second-order valence-electron chi connectivity index (χ2n) is 6.60. The minimum Gasteiger partial charge on any atom is -0.497 e. The first-order valence-corrected chi connectivity index (χ1v) is 9.05. The van der Waals surface area contributed by atoms with Gasteiger partial charge in [-0.15, -0.1) is 0 Å². The van der Waals surface area contributed by atoms with Crippen LogP contribution in [0.5, 0.6) is 5.75 Å². The number of carbonyl (C=O) groups is 1. The van der Waals surface area contributed by atoms with Gasteiger partial charge in [-0.2, -0.15) is 5.10 Å². The molecule has 0 aliphatic rings. The van der Waals surface area contributed by atoms with Crippen molar-refractivity contribution in [1.29, 1.82) is 0 Å². The molecular weight excluding hydrogens is 366 g/mol. The predicted octanol–water partition coefficient (Wildman–Crippen LogP) is 1.27. The van der Waals surface area contributed by atoms with Gasteiger partial charge in [0.25, 0.3) is 5.91 Å². The number of amides is 1. The number of aryl methyl sites for hydroxylation is 1. The van der Waals surface area contributed by atoms with Crippen molar-refractivity contribution in [3.8, 4) is 11.4 Å². The first kappa shape index (κ1) is 19.1. The maximum Gasteiger partial charge on any atom is 0.254 e. The van der Waals surface area contributed by atoms with Gasteiger partial charge in [0.15, 0.2) is 5.65 Å². The highest BCUT2D eigenvalue weighted by molar-refractivity contribution is 6.38. The van der Waals surface area contributed by atoms with Crippen LogP contribution in [0, 0.1) is 6.92 Å². The van der Waals surface area contributed by atoms with Crippen LogP contribution in [0.15, 0.2) is 30.5 Å². The third-order valence-corrected chi connectivity index (χ3v) is 4.65. The van der Waals surface area contributed by atoms with E-state index in [4.69, 9.17) is 16.3 Å². The highest BCUT2D eigenvalue weighted by Crippen LogP contribution is 2.30. The Kier molecular flexibility index (Phi) is 5.62. The van der Waals surface area contributed by atoms with Crippen LogP contribution in [-0.4, -0.2) is 55.0 Å². The number of fused-ring (bicyclic) bond motifs is 1. The summed E-state index contributed by atoms with van der Waals surface area (Å²) in [5.41, 5.74) is 2.46. The fourth-order valence-corrected chi connectivity index (χ4v) is 3.17. The molecule has 0 aliphatic carbocycles. The number of hydrogen-bond acceptors (Lipinski definition) is 4. The van der Waals surface area contributed by atoms with Gasteiger partial charge in [0.2, 0.25) is 0 Å². The Bertz CT molecular complexity index is 984.